The van der Waals surface area contributed by atoms with E-state index >= 15 is 0 Å². The third kappa shape index (κ3) is 2.58. The standard InChI is InChI=1S/C15H17N3OS/c1-9(2)10-7-14(16)18-15(17-10)12-8-20-13-6-4-3-5-11(13)19-12/h3-7,9,12H,8H2,1-2H3,(H2,16,17,18). The first kappa shape index (κ1) is 13.2. The lowest BCUT2D eigenvalue weighted by Gasteiger charge is -2.25. The molecule has 0 saturated heterocycles. The van der Waals surface area contributed by atoms with Crippen LogP contribution in [-0.2, 0) is 0 Å². The molecule has 1 aromatic carbocycles. The minimum Gasteiger partial charge on any atom is -0.480 e. The van der Waals surface area contributed by atoms with Gasteiger partial charge in [0.25, 0.3) is 0 Å². The molecule has 0 fully saturated rings. The monoisotopic (exact) mass is 287 g/mol. The summed E-state index contributed by atoms with van der Waals surface area (Å²) >= 11 is 1.77. The van der Waals surface area contributed by atoms with E-state index in [1.54, 1.807) is 11.8 Å². The molecule has 2 aromatic rings. The van der Waals surface area contributed by atoms with Gasteiger partial charge >= 0.3 is 0 Å². The van der Waals surface area contributed by atoms with Gasteiger partial charge < -0.3 is 10.5 Å². The van der Waals surface area contributed by atoms with E-state index < -0.39 is 0 Å². The van der Waals surface area contributed by atoms with Crippen LogP contribution in [0, 0.1) is 0 Å². The van der Waals surface area contributed by atoms with Crippen molar-refractivity contribution in [2.75, 3.05) is 11.5 Å². The first-order valence-electron chi connectivity index (χ1n) is 6.66. The van der Waals surface area contributed by atoms with Gasteiger partial charge in [-0.05, 0) is 18.1 Å². The highest BCUT2D eigenvalue weighted by atomic mass is 32.2. The van der Waals surface area contributed by atoms with Gasteiger partial charge in [-0.3, -0.25) is 0 Å². The Kier molecular flexibility index (Phi) is 3.53. The van der Waals surface area contributed by atoms with E-state index in [-0.39, 0.29) is 6.10 Å². The maximum Gasteiger partial charge on any atom is 0.172 e. The first-order valence-corrected chi connectivity index (χ1v) is 7.65. The van der Waals surface area contributed by atoms with Crippen molar-refractivity contribution in [2.45, 2.75) is 30.8 Å². The number of nitrogen functional groups attached to an aromatic ring is 1. The number of benzene rings is 1. The summed E-state index contributed by atoms with van der Waals surface area (Å²) in [4.78, 5) is 10.1. The molecule has 5 heteroatoms. The lowest BCUT2D eigenvalue weighted by Crippen LogP contribution is -2.19. The van der Waals surface area contributed by atoms with E-state index in [0.717, 1.165) is 22.1 Å². The number of thioether (sulfide) groups is 1. The molecule has 2 N–H and O–H groups in total. The normalized spacial score (nSPS) is 17.6. The number of rotatable bonds is 2. The summed E-state index contributed by atoms with van der Waals surface area (Å²) in [6, 6.07) is 9.86. The molecule has 0 amide bonds. The Balaban J connectivity index is 1.91. The molecule has 1 unspecified atom stereocenters. The maximum absolute atomic E-state index is 6.01. The minimum atomic E-state index is -0.143. The molecule has 1 aliphatic heterocycles. The van der Waals surface area contributed by atoms with Crippen molar-refractivity contribution < 1.29 is 4.74 Å². The second-order valence-corrected chi connectivity index (χ2v) is 6.16. The molecule has 1 aromatic heterocycles. The summed E-state index contributed by atoms with van der Waals surface area (Å²) in [6.45, 7) is 4.19. The molecule has 0 spiro atoms. The van der Waals surface area contributed by atoms with Gasteiger partial charge in [-0.15, -0.1) is 11.8 Å². The van der Waals surface area contributed by atoms with Crippen LogP contribution in [0.25, 0.3) is 0 Å². The highest BCUT2D eigenvalue weighted by Crippen LogP contribution is 2.39. The summed E-state index contributed by atoms with van der Waals surface area (Å²) in [7, 11) is 0. The summed E-state index contributed by atoms with van der Waals surface area (Å²) < 4.78 is 6.01. The van der Waals surface area contributed by atoms with Crippen LogP contribution in [0.1, 0.15) is 37.4 Å². The molecule has 3 rings (SSSR count). The van der Waals surface area contributed by atoms with E-state index in [2.05, 4.69) is 29.9 Å². The van der Waals surface area contributed by atoms with Crippen LogP contribution >= 0.6 is 11.8 Å². The molecule has 20 heavy (non-hydrogen) atoms. The Morgan fingerprint density at radius 2 is 2.10 bits per heavy atom. The zero-order valence-electron chi connectivity index (χ0n) is 11.5. The van der Waals surface area contributed by atoms with Gasteiger partial charge in [0.15, 0.2) is 11.9 Å². The van der Waals surface area contributed by atoms with E-state index in [0.29, 0.717) is 17.6 Å². The van der Waals surface area contributed by atoms with E-state index in [1.165, 1.54) is 0 Å². The van der Waals surface area contributed by atoms with Crippen LogP contribution in [-0.4, -0.2) is 15.7 Å². The molecule has 2 heterocycles. The van der Waals surface area contributed by atoms with Crippen molar-refractivity contribution in [1.29, 1.82) is 0 Å². The van der Waals surface area contributed by atoms with Crippen molar-refractivity contribution in [1.82, 2.24) is 9.97 Å². The summed E-state index contributed by atoms with van der Waals surface area (Å²) in [5, 5.41) is 0. The van der Waals surface area contributed by atoms with Gasteiger partial charge in [-0.25, -0.2) is 9.97 Å². The Bertz CT molecular complexity index is 630. The van der Waals surface area contributed by atoms with Crippen LogP contribution < -0.4 is 10.5 Å². The molecule has 1 aliphatic rings. The third-order valence-electron chi connectivity index (χ3n) is 3.17. The fourth-order valence-corrected chi connectivity index (χ4v) is 3.07. The number of nitrogens with two attached hydrogens (primary N) is 1. The molecule has 4 nitrogen and oxygen atoms in total. The third-order valence-corrected chi connectivity index (χ3v) is 4.29. The van der Waals surface area contributed by atoms with Crippen LogP contribution in [0.15, 0.2) is 35.2 Å². The Labute approximate surface area is 122 Å². The topological polar surface area (TPSA) is 61.0 Å². The summed E-state index contributed by atoms with van der Waals surface area (Å²) in [5.74, 6) is 3.20. The van der Waals surface area contributed by atoms with Crippen LogP contribution in [0.5, 0.6) is 5.75 Å². The highest BCUT2D eigenvalue weighted by Gasteiger charge is 2.24. The Morgan fingerprint density at radius 1 is 1.30 bits per heavy atom. The van der Waals surface area contributed by atoms with Crippen molar-refractivity contribution >= 4 is 17.6 Å². The highest BCUT2D eigenvalue weighted by molar-refractivity contribution is 7.99. The number of nitrogens with zero attached hydrogens (tertiary/aromatic N) is 2. The first-order chi connectivity index (χ1) is 9.63. The number of ether oxygens (including phenoxy) is 1. The predicted octanol–water partition coefficient (Wildman–Crippen LogP) is 3.41. The Hall–Kier alpha value is -1.75. The molecule has 0 aliphatic carbocycles. The van der Waals surface area contributed by atoms with Gasteiger partial charge in [-0.2, -0.15) is 0 Å². The van der Waals surface area contributed by atoms with Crippen molar-refractivity contribution in [3.63, 3.8) is 0 Å². The zero-order valence-corrected chi connectivity index (χ0v) is 12.4. The van der Waals surface area contributed by atoms with Crippen LogP contribution in [0.3, 0.4) is 0 Å². The number of fused-ring (bicyclic) bond motifs is 1. The second kappa shape index (κ2) is 5.32. The fraction of sp³-hybridized carbons (Fsp3) is 0.333. The number of hydrogen-bond acceptors (Lipinski definition) is 5. The number of hydrogen-bond donors (Lipinski definition) is 1. The number of aromatic nitrogens is 2. The lowest BCUT2D eigenvalue weighted by atomic mass is 10.1. The van der Waals surface area contributed by atoms with Gasteiger partial charge in [0, 0.05) is 22.4 Å². The number of anilines is 1. The smallest absolute Gasteiger partial charge is 0.172 e. The molecule has 104 valence electrons. The van der Waals surface area contributed by atoms with Gasteiger partial charge in [0.1, 0.15) is 11.6 Å². The molecular formula is C15H17N3OS. The maximum atomic E-state index is 6.01. The predicted molar refractivity (Wildman–Crippen MR) is 81.1 cm³/mol. The minimum absolute atomic E-state index is 0.143. The van der Waals surface area contributed by atoms with Gasteiger partial charge in [0.05, 0.1) is 0 Å². The molecule has 1 atom stereocenters. The average Bonchev–Trinajstić information content (AvgIpc) is 2.46. The van der Waals surface area contributed by atoms with Gasteiger partial charge in [0.2, 0.25) is 0 Å². The summed E-state index contributed by atoms with van der Waals surface area (Å²) in [6.07, 6.45) is -0.143. The van der Waals surface area contributed by atoms with E-state index in [4.69, 9.17) is 10.5 Å². The zero-order chi connectivity index (χ0) is 14.1. The quantitative estimate of drug-likeness (QED) is 0.917. The number of para-hydroxylation sites is 1. The van der Waals surface area contributed by atoms with Crippen LogP contribution in [0.4, 0.5) is 5.82 Å². The van der Waals surface area contributed by atoms with E-state index in [9.17, 15) is 0 Å². The second-order valence-electron chi connectivity index (χ2n) is 5.09. The van der Waals surface area contributed by atoms with Crippen LogP contribution in [0.2, 0.25) is 0 Å². The Morgan fingerprint density at radius 3 is 2.90 bits per heavy atom. The molecule has 0 bridgehead atoms. The van der Waals surface area contributed by atoms with E-state index in [1.807, 2.05) is 24.3 Å². The molecule has 0 saturated carbocycles. The summed E-state index contributed by atoms with van der Waals surface area (Å²) in [5.41, 5.74) is 6.84. The van der Waals surface area contributed by atoms with Crippen molar-refractivity contribution in [2.24, 2.45) is 0 Å². The van der Waals surface area contributed by atoms with Gasteiger partial charge in [-0.1, -0.05) is 26.0 Å². The fourth-order valence-electron chi connectivity index (χ4n) is 2.09. The molecule has 0 radical (unpaired) electrons. The SMILES string of the molecule is CC(C)c1cc(N)nc(C2CSc3ccccc3O2)n1. The van der Waals surface area contributed by atoms with Crippen molar-refractivity contribution in [3.8, 4) is 5.75 Å². The van der Waals surface area contributed by atoms with Crippen molar-refractivity contribution in [3.05, 3.63) is 41.9 Å². The lowest BCUT2D eigenvalue weighted by molar-refractivity contribution is 0.210. The largest absolute Gasteiger partial charge is 0.480 e. The molecular weight excluding hydrogens is 270 g/mol. The average molecular weight is 287 g/mol.